The third kappa shape index (κ3) is 2.36. The summed E-state index contributed by atoms with van der Waals surface area (Å²) in [4.78, 5) is 20.1. The van der Waals surface area contributed by atoms with Crippen molar-refractivity contribution < 1.29 is 9.90 Å². The molecule has 2 aliphatic heterocycles. The van der Waals surface area contributed by atoms with Crippen LogP contribution in [0.1, 0.15) is 29.6 Å². The van der Waals surface area contributed by atoms with E-state index < -0.39 is 5.97 Å². The summed E-state index contributed by atoms with van der Waals surface area (Å²) in [6.45, 7) is 1.65. The summed E-state index contributed by atoms with van der Waals surface area (Å²) in [7, 11) is 2.16. The molecule has 0 amide bonds. The number of anilines is 1. The Labute approximate surface area is 123 Å². The van der Waals surface area contributed by atoms with Crippen molar-refractivity contribution in [2.75, 3.05) is 25.0 Å². The Kier molecular flexibility index (Phi) is 3.56. The molecule has 2 bridgehead atoms. The van der Waals surface area contributed by atoms with Crippen LogP contribution in [0.5, 0.6) is 0 Å². The molecule has 1 aromatic heterocycles. The molecule has 1 aromatic rings. The molecule has 0 radical (unpaired) electrons. The molecule has 0 aliphatic carbocycles. The second-order valence-electron chi connectivity index (χ2n) is 5.60. The molecular weight excluding hydrogens is 278 g/mol. The van der Waals surface area contributed by atoms with Crippen LogP contribution in [0.2, 0.25) is 5.15 Å². The molecular formula is C14H18ClN3O2. The highest BCUT2D eigenvalue weighted by Crippen LogP contribution is 2.31. The van der Waals surface area contributed by atoms with E-state index in [1.165, 1.54) is 18.9 Å². The lowest BCUT2D eigenvalue weighted by Gasteiger charge is -2.27. The van der Waals surface area contributed by atoms with E-state index in [2.05, 4.69) is 21.8 Å². The number of hydrogen-bond acceptors (Lipinski definition) is 4. The van der Waals surface area contributed by atoms with Gasteiger partial charge < -0.3 is 10.0 Å². The summed E-state index contributed by atoms with van der Waals surface area (Å²) in [5.41, 5.74) is 0.231. The van der Waals surface area contributed by atoms with Gasteiger partial charge in [-0.05, 0) is 38.4 Å². The minimum Gasteiger partial charge on any atom is -0.478 e. The van der Waals surface area contributed by atoms with Crippen LogP contribution in [0.3, 0.4) is 0 Å². The van der Waals surface area contributed by atoms with Crippen molar-refractivity contribution in [2.45, 2.75) is 31.3 Å². The first-order valence-electron chi connectivity index (χ1n) is 6.93. The molecule has 0 aromatic carbocycles. The van der Waals surface area contributed by atoms with Gasteiger partial charge in [0.15, 0.2) is 0 Å². The van der Waals surface area contributed by atoms with Gasteiger partial charge in [0.05, 0.1) is 0 Å². The number of likely N-dealkylation sites (N-methyl/N-ethyl adjacent to an activating group) is 1. The molecule has 2 saturated heterocycles. The number of pyridine rings is 1. The molecule has 0 saturated carbocycles. The first-order valence-corrected chi connectivity index (χ1v) is 7.31. The first-order chi connectivity index (χ1) is 9.56. The minimum absolute atomic E-state index is 0.231. The van der Waals surface area contributed by atoms with Gasteiger partial charge in [-0.15, -0.1) is 0 Å². The standard InChI is InChI=1S/C14H18ClN3O2/c1-17-9-2-3-10(17)8-18(7-6-9)13-11(14(19)20)4-5-12(15)16-13/h4-5,9-10H,2-3,6-8H2,1H3,(H,19,20). The maximum atomic E-state index is 11.4. The smallest absolute Gasteiger partial charge is 0.339 e. The van der Waals surface area contributed by atoms with E-state index in [4.69, 9.17) is 11.6 Å². The van der Waals surface area contributed by atoms with Gasteiger partial charge >= 0.3 is 5.97 Å². The molecule has 3 heterocycles. The second-order valence-corrected chi connectivity index (χ2v) is 5.98. The number of nitrogens with zero attached hydrogens (tertiary/aromatic N) is 3. The van der Waals surface area contributed by atoms with Gasteiger partial charge in [0, 0.05) is 25.2 Å². The zero-order chi connectivity index (χ0) is 14.3. The molecule has 2 unspecified atom stereocenters. The van der Waals surface area contributed by atoms with Crippen LogP contribution >= 0.6 is 11.6 Å². The maximum Gasteiger partial charge on any atom is 0.339 e. The van der Waals surface area contributed by atoms with E-state index in [0.717, 1.165) is 19.5 Å². The van der Waals surface area contributed by atoms with Gasteiger partial charge in [0.25, 0.3) is 0 Å². The fourth-order valence-corrected chi connectivity index (χ4v) is 3.48. The lowest BCUT2D eigenvalue weighted by atomic mass is 10.1. The summed E-state index contributed by atoms with van der Waals surface area (Å²) in [5, 5.41) is 9.66. The van der Waals surface area contributed by atoms with Gasteiger partial charge in [-0.3, -0.25) is 4.90 Å². The van der Waals surface area contributed by atoms with E-state index in [0.29, 0.717) is 23.1 Å². The molecule has 2 atom stereocenters. The molecule has 1 N–H and O–H groups in total. The number of halogens is 1. The zero-order valence-corrected chi connectivity index (χ0v) is 12.2. The highest BCUT2D eigenvalue weighted by molar-refractivity contribution is 6.29. The Morgan fingerprint density at radius 3 is 2.85 bits per heavy atom. The average molecular weight is 296 g/mol. The number of aromatic carboxylic acids is 1. The molecule has 2 fully saturated rings. The van der Waals surface area contributed by atoms with Crippen molar-refractivity contribution in [3.8, 4) is 0 Å². The van der Waals surface area contributed by atoms with Crippen LogP contribution in [0.25, 0.3) is 0 Å². The monoisotopic (exact) mass is 295 g/mol. The van der Waals surface area contributed by atoms with Gasteiger partial charge in [0.2, 0.25) is 0 Å². The number of carbonyl (C=O) groups is 1. The van der Waals surface area contributed by atoms with Crippen molar-refractivity contribution >= 4 is 23.4 Å². The Bertz CT molecular complexity index is 537. The van der Waals surface area contributed by atoms with Gasteiger partial charge in [-0.2, -0.15) is 0 Å². The van der Waals surface area contributed by atoms with Crippen LogP contribution in [0.4, 0.5) is 5.82 Å². The lowest BCUT2D eigenvalue weighted by molar-refractivity contribution is 0.0697. The summed E-state index contributed by atoms with van der Waals surface area (Å²) in [5.74, 6) is -0.446. The Morgan fingerprint density at radius 2 is 2.10 bits per heavy atom. The first kappa shape index (κ1) is 13.6. The van der Waals surface area contributed by atoms with Crippen molar-refractivity contribution in [3.63, 3.8) is 0 Å². The SMILES string of the molecule is CN1C2CCC1CN(c1nc(Cl)ccc1C(=O)O)CC2. The van der Waals surface area contributed by atoms with E-state index >= 15 is 0 Å². The molecule has 6 heteroatoms. The van der Waals surface area contributed by atoms with Crippen molar-refractivity contribution in [3.05, 3.63) is 22.8 Å². The topological polar surface area (TPSA) is 56.7 Å². The molecule has 108 valence electrons. The van der Waals surface area contributed by atoms with E-state index in [9.17, 15) is 9.90 Å². The predicted molar refractivity (Wildman–Crippen MR) is 77.6 cm³/mol. The quantitative estimate of drug-likeness (QED) is 0.847. The van der Waals surface area contributed by atoms with Crippen LogP contribution < -0.4 is 4.90 Å². The Morgan fingerprint density at radius 1 is 1.35 bits per heavy atom. The molecule has 20 heavy (non-hydrogen) atoms. The number of fused-ring (bicyclic) bond motifs is 2. The number of carboxylic acid groups (broad SMARTS) is 1. The Hall–Kier alpha value is -1.33. The van der Waals surface area contributed by atoms with E-state index in [-0.39, 0.29) is 5.56 Å². The van der Waals surface area contributed by atoms with Crippen LogP contribution in [-0.4, -0.2) is 53.2 Å². The van der Waals surface area contributed by atoms with E-state index in [1.807, 2.05) is 0 Å². The van der Waals surface area contributed by atoms with Crippen molar-refractivity contribution in [1.82, 2.24) is 9.88 Å². The van der Waals surface area contributed by atoms with Gasteiger partial charge in [0.1, 0.15) is 16.5 Å². The number of hydrogen-bond donors (Lipinski definition) is 1. The number of aromatic nitrogens is 1. The number of carboxylic acids is 1. The van der Waals surface area contributed by atoms with Crippen molar-refractivity contribution in [1.29, 1.82) is 0 Å². The molecule has 2 aliphatic rings. The highest BCUT2D eigenvalue weighted by atomic mass is 35.5. The van der Waals surface area contributed by atoms with Crippen LogP contribution in [-0.2, 0) is 0 Å². The van der Waals surface area contributed by atoms with Crippen LogP contribution in [0, 0.1) is 0 Å². The van der Waals surface area contributed by atoms with Gasteiger partial charge in [-0.25, -0.2) is 9.78 Å². The fraction of sp³-hybridized carbons (Fsp3) is 0.571. The summed E-state index contributed by atoms with van der Waals surface area (Å²) >= 11 is 5.95. The zero-order valence-electron chi connectivity index (χ0n) is 11.4. The highest BCUT2D eigenvalue weighted by Gasteiger charge is 2.35. The number of rotatable bonds is 2. The molecule has 3 rings (SSSR count). The van der Waals surface area contributed by atoms with Gasteiger partial charge in [-0.1, -0.05) is 11.6 Å². The summed E-state index contributed by atoms with van der Waals surface area (Å²) in [6.07, 6.45) is 3.45. The Balaban J connectivity index is 1.93. The average Bonchev–Trinajstić information content (AvgIpc) is 2.62. The van der Waals surface area contributed by atoms with Crippen molar-refractivity contribution in [2.24, 2.45) is 0 Å². The maximum absolute atomic E-state index is 11.4. The summed E-state index contributed by atoms with van der Waals surface area (Å²) < 4.78 is 0. The lowest BCUT2D eigenvalue weighted by Crippen LogP contribution is -2.37. The predicted octanol–water partition coefficient (Wildman–Crippen LogP) is 2.11. The largest absolute Gasteiger partial charge is 0.478 e. The van der Waals surface area contributed by atoms with E-state index in [1.54, 1.807) is 6.07 Å². The van der Waals surface area contributed by atoms with Crippen LogP contribution in [0.15, 0.2) is 12.1 Å². The fourth-order valence-electron chi connectivity index (χ4n) is 3.33. The third-order valence-electron chi connectivity index (χ3n) is 4.52. The molecule has 0 spiro atoms. The minimum atomic E-state index is -0.952. The third-order valence-corrected chi connectivity index (χ3v) is 4.73. The molecule has 5 nitrogen and oxygen atoms in total. The summed E-state index contributed by atoms with van der Waals surface area (Å²) in [6, 6.07) is 4.16. The second kappa shape index (κ2) is 5.22. The normalized spacial score (nSPS) is 26.6.